The summed E-state index contributed by atoms with van der Waals surface area (Å²) in [7, 11) is 0. The fraction of sp³-hybridized carbons (Fsp3) is 0.750. The molecule has 18 heavy (non-hydrogen) atoms. The van der Waals surface area contributed by atoms with Crippen molar-refractivity contribution in [3.8, 4) is 0 Å². The Hall–Kier alpha value is -0.340. The van der Waals surface area contributed by atoms with E-state index in [0.717, 1.165) is 5.92 Å². The molecule has 2 heteroatoms. The highest BCUT2D eigenvalue weighted by Crippen LogP contribution is 2.40. The Bertz CT molecular complexity index is 350. The Labute approximate surface area is 115 Å². The molecule has 1 heterocycles. The molecule has 0 amide bonds. The second-order valence-corrected chi connectivity index (χ2v) is 7.14. The van der Waals surface area contributed by atoms with Crippen molar-refractivity contribution in [2.75, 3.05) is 0 Å². The molecule has 1 aromatic heterocycles. The van der Waals surface area contributed by atoms with Crippen molar-refractivity contribution in [2.24, 2.45) is 11.8 Å². The van der Waals surface area contributed by atoms with E-state index in [1.54, 1.807) is 11.3 Å². The monoisotopic (exact) mass is 266 g/mol. The molecule has 0 spiro atoms. The molecule has 0 aliphatic heterocycles. The number of unbranched alkanes of at least 4 members (excludes halogenated alkanes) is 1. The number of rotatable bonds is 5. The van der Waals surface area contributed by atoms with Crippen molar-refractivity contribution < 1.29 is 5.11 Å². The first-order valence-corrected chi connectivity index (χ1v) is 8.26. The number of aryl methyl sites for hydroxylation is 1. The number of thiophene rings is 1. The van der Waals surface area contributed by atoms with E-state index in [1.807, 2.05) is 0 Å². The maximum atomic E-state index is 10.4. The first-order valence-electron chi connectivity index (χ1n) is 7.45. The molecule has 0 radical (unpaired) electrons. The van der Waals surface area contributed by atoms with Gasteiger partial charge in [-0.15, -0.1) is 11.3 Å². The molecule has 1 aliphatic rings. The van der Waals surface area contributed by atoms with Gasteiger partial charge in [-0.1, -0.05) is 39.0 Å². The van der Waals surface area contributed by atoms with Crippen LogP contribution in [0.1, 0.15) is 67.7 Å². The molecule has 0 aromatic carbocycles. The smallest absolute Gasteiger partial charge is 0.0910 e. The number of aliphatic hydroxyl groups is 1. The number of hydrogen-bond acceptors (Lipinski definition) is 2. The van der Waals surface area contributed by atoms with Crippen molar-refractivity contribution in [1.29, 1.82) is 0 Å². The molecule has 0 saturated heterocycles. The average Bonchev–Trinajstić information content (AvgIpc) is 2.83. The Morgan fingerprint density at radius 1 is 1.28 bits per heavy atom. The average molecular weight is 266 g/mol. The van der Waals surface area contributed by atoms with E-state index >= 15 is 0 Å². The number of aliphatic hydroxyl groups excluding tert-OH is 1. The lowest BCUT2D eigenvalue weighted by molar-refractivity contribution is 0.0748. The Morgan fingerprint density at radius 3 is 2.56 bits per heavy atom. The van der Waals surface area contributed by atoms with Crippen LogP contribution in [0, 0.1) is 18.8 Å². The standard InChI is InChI=1S/C16H26OS/c1-3-4-5-13-7-9-14(10-8-13)16(17)15-11-6-12(2)18-15/h6,11,13-14,16-17H,3-5,7-10H2,1-2H3. The Balaban J connectivity index is 1.82. The second-order valence-electron chi connectivity index (χ2n) is 5.82. The van der Waals surface area contributed by atoms with E-state index in [-0.39, 0.29) is 6.10 Å². The van der Waals surface area contributed by atoms with Gasteiger partial charge in [0.05, 0.1) is 6.10 Å². The topological polar surface area (TPSA) is 20.2 Å². The summed E-state index contributed by atoms with van der Waals surface area (Å²) in [4.78, 5) is 2.48. The third-order valence-corrected chi connectivity index (χ3v) is 5.43. The summed E-state index contributed by atoms with van der Waals surface area (Å²) >= 11 is 1.75. The van der Waals surface area contributed by atoms with E-state index in [2.05, 4.69) is 26.0 Å². The molecule has 0 bridgehead atoms. The summed E-state index contributed by atoms with van der Waals surface area (Å²) in [5, 5.41) is 10.4. The van der Waals surface area contributed by atoms with Crippen LogP contribution in [0.25, 0.3) is 0 Å². The molecule has 1 saturated carbocycles. The van der Waals surface area contributed by atoms with Crippen LogP contribution < -0.4 is 0 Å². The second kappa shape index (κ2) is 6.72. The van der Waals surface area contributed by atoms with Gasteiger partial charge in [0.25, 0.3) is 0 Å². The fourth-order valence-electron chi connectivity index (χ4n) is 3.13. The highest BCUT2D eigenvalue weighted by Gasteiger charge is 2.27. The summed E-state index contributed by atoms with van der Waals surface area (Å²) in [6.07, 6.45) is 8.96. The SMILES string of the molecule is CCCCC1CCC(C(O)c2ccc(C)s2)CC1. The zero-order chi connectivity index (χ0) is 13.0. The lowest BCUT2D eigenvalue weighted by atomic mass is 9.77. The molecule has 1 fully saturated rings. The van der Waals surface area contributed by atoms with Crippen LogP contribution in [0.4, 0.5) is 0 Å². The minimum Gasteiger partial charge on any atom is -0.387 e. The Kier molecular flexibility index (Phi) is 5.25. The highest BCUT2D eigenvalue weighted by atomic mass is 32.1. The molecule has 1 aliphatic carbocycles. The van der Waals surface area contributed by atoms with Crippen LogP contribution in [0.3, 0.4) is 0 Å². The summed E-state index contributed by atoms with van der Waals surface area (Å²) in [6, 6.07) is 4.23. The van der Waals surface area contributed by atoms with E-state index in [9.17, 15) is 5.11 Å². The van der Waals surface area contributed by atoms with Crippen LogP contribution in [-0.2, 0) is 0 Å². The lowest BCUT2D eigenvalue weighted by Gasteiger charge is -2.31. The molecular formula is C16H26OS. The molecule has 1 N–H and O–H groups in total. The molecule has 1 aromatic rings. The zero-order valence-corrected chi connectivity index (χ0v) is 12.5. The Morgan fingerprint density at radius 2 is 2.00 bits per heavy atom. The normalized spacial score (nSPS) is 26.2. The van der Waals surface area contributed by atoms with Crippen molar-refractivity contribution in [3.63, 3.8) is 0 Å². The van der Waals surface area contributed by atoms with Gasteiger partial charge in [-0.05, 0) is 43.7 Å². The maximum absolute atomic E-state index is 10.4. The van der Waals surface area contributed by atoms with Gasteiger partial charge in [0.1, 0.15) is 0 Å². The van der Waals surface area contributed by atoms with Crippen LogP contribution in [0.15, 0.2) is 12.1 Å². The first kappa shape index (κ1) is 14.1. The minimum absolute atomic E-state index is 0.212. The van der Waals surface area contributed by atoms with Gasteiger partial charge in [-0.3, -0.25) is 0 Å². The van der Waals surface area contributed by atoms with E-state index in [0.29, 0.717) is 5.92 Å². The van der Waals surface area contributed by atoms with Gasteiger partial charge >= 0.3 is 0 Å². The summed E-state index contributed by atoms with van der Waals surface area (Å²) in [5.74, 6) is 1.43. The van der Waals surface area contributed by atoms with Crippen molar-refractivity contribution in [1.82, 2.24) is 0 Å². The molecule has 1 unspecified atom stereocenters. The van der Waals surface area contributed by atoms with Gasteiger partial charge in [-0.25, -0.2) is 0 Å². The van der Waals surface area contributed by atoms with Gasteiger partial charge in [0.2, 0.25) is 0 Å². The quantitative estimate of drug-likeness (QED) is 0.787. The van der Waals surface area contributed by atoms with Crippen molar-refractivity contribution in [2.45, 2.75) is 64.9 Å². The van der Waals surface area contributed by atoms with Gasteiger partial charge in [0, 0.05) is 9.75 Å². The zero-order valence-electron chi connectivity index (χ0n) is 11.7. The van der Waals surface area contributed by atoms with Crippen LogP contribution in [0.2, 0.25) is 0 Å². The third kappa shape index (κ3) is 3.58. The van der Waals surface area contributed by atoms with Crippen LogP contribution in [0.5, 0.6) is 0 Å². The molecule has 2 rings (SSSR count). The van der Waals surface area contributed by atoms with Gasteiger partial charge in [-0.2, -0.15) is 0 Å². The van der Waals surface area contributed by atoms with Crippen molar-refractivity contribution in [3.05, 3.63) is 21.9 Å². The van der Waals surface area contributed by atoms with Crippen LogP contribution in [-0.4, -0.2) is 5.11 Å². The predicted molar refractivity (Wildman–Crippen MR) is 79.0 cm³/mol. The predicted octanol–water partition coefficient (Wildman–Crippen LogP) is 5.09. The third-order valence-electron chi connectivity index (χ3n) is 4.36. The number of hydrogen-bond donors (Lipinski definition) is 1. The van der Waals surface area contributed by atoms with E-state index < -0.39 is 0 Å². The molecule has 1 atom stereocenters. The minimum atomic E-state index is -0.212. The summed E-state index contributed by atoms with van der Waals surface area (Å²) in [5.41, 5.74) is 0. The molecule has 102 valence electrons. The van der Waals surface area contributed by atoms with Crippen LogP contribution >= 0.6 is 11.3 Å². The largest absolute Gasteiger partial charge is 0.387 e. The van der Waals surface area contributed by atoms with E-state index in [4.69, 9.17) is 0 Å². The lowest BCUT2D eigenvalue weighted by Crippen LogP contribution is -2.20. The van der Waals surface area contributed by atoms with Gasteiger partial charge < -0.3 is 5.11 Å². The maximum Gasteiger partial charge on any atom is 0.0910 e. The first-order chi connectivity index (χ1) is 8.70. The van der Waals surface area contributed by atoms with E-state index in [1.165, 1.54) is 54.7 Å². The summed E-state index contributed by atoms with van der Waals surface area (Å²) < 4.78 is 0. The summed E-state index contributed by atoms with van der Waals surface area (Å²) in [6.45, 7) is 4.39. The molecular weight excluding hydrogens is 240 g/mol. The highest BCUT2D eigenvalue weighted by molar-refractivity contribution is 7.12. The van der Waals surface area contributed by atoms with Crippen molar-refractivity contribution >= 4 is 11.3 Å². The fourth-order valence-corrected chi connectivity index (χ4v) is 4.09. The van der Waals surface area contributed by atoms with Gasteiger partial charge in [0.15, 0.2) is 0 Å². The molecule has 1 nitrogen and oxygen atoms in total.